The normalized spacial score (nSPS) is 13.8. The molecule has 0 saturated carbocycles. The lowest BCUT2D eigenvalue weighted by atomic mass is 9.97. The summed E-state index contributed by atoms with van der Waals surface area (Å²) in [6.07, 6.45) is 0.972. The first kappa shape index (κ1) is 15.2. The van der Waals surface area contributed by atoms with E-state index >= 15 is 0 Å². The average Bonchev–Trinajstić information content (AvgIpc) is 2.29. The van der Waals surface area contributed by atoms with Crippen LogP contribution in [0.4, 0.5) is 0 Å². The summed E-state index contributed by atoms with van der Waals surface area (Å²) in [5.41, 5.74) is 0.690. The van der Waals surface area contributed by atoms with E-state index in [2.05, 4.69) is 22.6 Å². The van der Waals surface area contributed by atoms with E-state index in [0.29, 0.717) is 11.4 Å². The molecular formula is C13H18ClIO2. The molecule has 0 amide bonds. The molecule has 0 radical (unpaired) electrons. The fraction of sp³-hybridized carbons (Fsp3) is 0.538. The summed E-state index contributed by atoms with van der Waals surface area (Å²) in [6.45, 7) is 4.03. The van der Waals surface area contributed by atoms with Crippen LogP contribution in [0.1, 0.15) is 38.4 Å². The van der Waals surface area contributed by atoms with Gasteiger partial charge in [0, 0.05) is 15.7 Å². The molecule has 1 aromatic rings. The van der Waals surface area contributed by atoms with Gasteiger partial charge >= 0.3 is 0 Å². The maximum Gasteiger partial charge on any atom is 0.0801 e. The van der Waals surface area contributed by atoms with Gasteiger partial charge in [0.05, 0.1) is 11.7 Å². The zero-order valence-electron chi connectivity index (χ0n) is 10.3. The largest absolute Gasteiger partial charge is 0.388 e. The Morgan fingerprint density at radius 3 is 2.71 bits per heavy atom. The maximum absolute atomic E-state index is 10.2. The summed E-state index contributed by atoms with van der Waals surface area (Å²) in [5, 5.41) is 10.8. The van der Waals surface area contributed by atoms with Crippen molar-refractivity contribution in [3.05, 3.63) is 32.4 Å². The molecule has 1 N–H and O–H groups in total. The molecule has 0 bridgehead atoms. The van der Waals surface area contributed by atoms with Crippen LogP contribution in [-0.4, -0.2) is 17.8 Å². The van der Waals surface area contributed by atoms with Crippen LogP contribution in [0, 0.1) is 3.57 Å². The maximum atomic E-state index is 10.2. The van der Waals surface area contributed by atoms with Crippen LogP contribution in [0.2, 0.25) is 5.02 Å². The van der Waals surface area contributed by atoms with Crippen LogP contribution in [-0.2, 0) is 4.74 Å². The number of rotatable bonds is 5. The van der Waals surface area contributed by atoms with E-state index in [0.717, 1.165) is 15.6 Å². The Morgan fingerprint density at radius 2 is 2.12 bits per heavy atom. The van der Waals surface area contributed by atoms with Crippen molar-refractivity contribution in [2.24, 2.45) is 0 Å². The van der Waals surface area contributed by atoms with Gasteiger partial charge in [0.1, 0.15) is 0 Å². The first-order chi connectivity index (χ1) is 7.85. The monoisotopic (exact) mass is 368 g/mol. The molecule has 1 unspecified atom stereocenters. The number of halogens is 2. The van der Waals surface area contributed by atoms with Gasteiger partial charge in [0.15, 0.2) is 0 Å². The van der Waals surface area contributed by atoms with Gasteiger partial charge in [0.25, 0.3) is 0 Å². The molecule has 0 aliphatic heterocycles. The lowest BCUT2D eigenvalue weighted by Gasteiger charge is -2.24. The van der Waals surface area contributed by atoms with E-state index in [1.807, 2.05) is 32.0 Å². The molecule has 1 rings (SSSR count). The fourth-order valence-electron chi connectivity index (χ4n) is 1.51. The molecule has 4 heteroatoms. The Hall–Kier alpha value is 0.160. The highest BCUT2D eigenvalue weighted by Crippen LogP contribution is 2.29. The van der Waals surface area contributed by atoms with Crippen molar-refractivity contribution in [1.29, 1.82) is 0 Å². The number of aliphatic hydroxyl groups excluding tert-OH is 1. The molecule has 0 fully saturated rings. The van der Waals surface area contributed by atoms with Gasteiger partial charge in [-0.15, -0.1) is 0 Å². The third-order valence-electron chi connectivity index (χ3n) is 2.89. The van der Waals surface area contributed by atoms with Crippen LogP contribution in [0.15, 0.2) is 18.2 Å². The van der Waals surface area contributed by atoms with Gasteiger partial charge < -0.3 is 9.84 Å². The summed E-state index contributed by atoms with van der Waals surface area (Å²) in [4.78, 5) is 0. The first-order valence-electron chi connectivity index (χ1n) is 5.54. The molecule has 0 spiro atoms. The van der Waals surface area contributed by atoms with Crippen molar-refractivity contribution < 1.29 is 9.84 Å². The minimum atomic E-state index is -0.491. The minimum absolute atomic E-state index is 0.203. The van der Waals surface area contributed by atoms with Gasteiger partial charge in [-0.05, 0) is 73.0 Å². The SMILES string of the molecule is COC(C)(C)CCC(O)c1cc(Cl)ccc1I. The Kier molecular flexibility index (Phi) is 5.70. The van der Waals surface area contributed by atoms with E-state index < -0.39 is 6.10 Å². The number of aliphatic hydroxyl groups is 1. The summed E-state index contributed by atoms with van der Waals surface area (Å²) in [7, 11) is 1.69. The molecule has 17 heavy (non-hydrogen) atoms. The third-order valence-corrected chi connectivity index (χ3v) is 4.11. The Balaban J connectivity index is 2.70. The number of methoxy groups -OCH3 is 1. The molecule has 0 aliphatic rings. The van der Waals surface area contributed by atoms with Crippen LogP contribution in [0.5, 0.6) is 0 Å². The predicted molar refractivity (Wildman–Crippen MR) is 79.5 cm³/mol. The van der Waals surface area contributed by atoms with Crippen molar-refractivity contribution in [3.8, 4) is 0 Å². The molecule has 0 saturated heterocycles. The second-order valence-electron chi connectivity index (χ2n) is 4.68. The van der Waals surface area contributed by atoms with E-state index in [1.54, 1.807) is 7.11 Å². The van der Waals surface area contributed by atoms with Crippen LogP contribution in [0.25, 0.3) is 0 Å². The predicted octanol–water partition coefficient (Wildman–Crippen LogP) is 4.18. The first-order valence-corrected chi connectivity index (χ1v) is 6.99. The van der Waals surface area contributed by atoms with Crippen molar-refractivity contribution in [3.63, 3.8) is 0 Å². The van der Waals surface area contributed by atoms with E-state index in [-0.39, 0.29) is 5.60 Å². The standard InChI is InChI=1S/C13H18ClIO2/c1-13(2,17-3)7-6-12(16)10-8-9(14)4-5-11(10)15/h4-5,8,12,16H,6-7H2,1-3H3. The van der Waals surface area contributed by atoms with Gasteiger partial charge in [-0.2, -0.15) is 0 Å². The lowest BCUT2D eigenvalue weighted by molar-refractivity contribution is 0.00272. The van der Waals surface area contributed by atoms with Crippen LogP contribution < -0.4 is 0 Å². The van der Waals surface area contributed by atoms with Crippen molar-refractivity contribution in [2.45, 2.75) is 38.4 Å². The number of benzene rings is 1. The molecular weight excluding hydrogens is 350 g/mol. The van der Waals surface area contributed by atoms with Gasteiger partial charge in [0.2, 0.25) is 0 Å². The van der Waals surface area contributed by atoms with Crippen LogP contribution in [0.3, 0.4) is 0 Å². The number of hydrogen-bond donors (Lipinski definition) is 1. The van der Waals surface area contributed by atoms with E-state index in [1.165, 1.54) is 0 Å². The minimum Gasteiger partial charge on any atom is -0.388 e. The summed E-state index contributed by atoms with van der Waals surface area (Å²) < 4.78 is 6.38. The lowest BCUT2D eigenvalue weighted by Crippen LogP contribution is -2.23. The molecule has 1 atom stereocenters. The summed E-state index contributed by atoms with van der Waals surface area (Å²) >= 11 is 8.15. The Morgan fingerprint density at radius 1 is 1.47 bits per heavy atom. The van der Waals surface area contributed by atoms with Crippen molar-refractivity contribution in [2.75, 3.05) is 7.11 Å². The van der Waals surface area contributed by atoms with Crippen molar-refractivity contribution in [1.82, 2.24) is 0 Å². The molecule has 2 nitrogen and oxygen atoms in total. The summed E-state index contributed by atoms with van der Waals surface area (Å²) in [5.74, 6) is 0. The second kappa shape index (κ2) is 6.36. The van der Waals surface area contributed by atoms with E-state index in [4.69, 9.17) is 16.3 Å². The molecule has 0 aliphatic carbocycles. The van der Waals surface area contributed by atoms with Crippen molar-refractivity contribution >= 4 is 34.2 Å². The van der Waals surface area contributed by atoms with E-state index in [9.17, 15) is 5.11 Å². The van der Waals surface area contributed by atoms with Gasteiger partial charge in [-0.3, -0.25) is 0 Å². The third kappa shape index (κ3) is 4.73. The molecule has 1 aromatic carbocycles. The Bertz CT molecular complexity index is 380. The molecule has 96 valence electrons. The van der Waals surface area contributed by atoms with Crippen LogP contribution >= 0.6 is 34.2 Å². The summed E-state index contributed by atoms with van der Waals surface area (Å²) in [6, 6.07) is 5.58. The average molecular weight is 369 g/mol. The second-order valence-corrected chi connectivity index (χ2v) is 6.28. The molecule has 0 heterocycles. The zero-order chi connectivity index (χ0) is 13.1. The topological polar surface area (TPSA) is 29.5 Å². The highest BCUT2D eigenvalue weighted by molar-refractivity contribution is 14.1. The number of hydrogen-bond acceptors (Lipinski definition) is 2. The number of ether oxygens (including phenoxy) is 1. The highest BCUT2D eigenvalue weighted by Gasteiger charge is 2.20. The zero-order valence-corrected chi connectivity index (χ0v) is 13.2. The smallest absolute Gasteiger partial charge is 0.0801 e. The fourth-order valence-corrected chi connectivity index (χ4v) is 2.39. The molecule has 0 aromatic heterocycles. The quantitative estimate of drug-likeness (QED) is 0.790. The van der Waals surface area contributed by atoms with Gasteiger partial charge in [-0.1, -0.05) is 11.6 Å². The Labute approximate surface area is 121 Å². The van der Waals surface area contributed by atoms with Gasteiger partial charge in [-0.25, -0.2) is 0 Å². The highest BCUT2D eigenvalue weighted by atomic mass is 127.